The SMILES string of the molecule is c1ccc(-c2ccc3ccc4ccc(-c5cccc(-c6ccc7cc(-c8ncccn8)ccc7c6)c5)nc4c3n2)cc1. The fourth-order valence-electron chi connectivity index (χ4n) is 5.57. The van der Waals surface area contributed by atoms with E-state index in [-0.39, 0.29) is 0 Å². The van der Waals surface area contributed by atoms with Gasteiger partial charge in [0, 0.05) is 39.9 Å². The van der Waals surface area contributed by atoms with Gasteiger partial charge in [0.2, 0.25) is 0 Å². The number of aromatic nitrogens is 4. The predicted molar refractivity (Wildman–Crippen MR) is 172 cm³/mol. The van der Waals surface area contributed by atoms with Crippen LogP contribution < -0.4 is 0 Å². The van der Waals surface area contributed by atoms with E-state index in [4.69, 9.17) is 9.97 Å². The Kier molecular flexibility index (Phi) is 5.75. The fourth-order valence-corrected chi connectivity index (χ4v) is 5.57. The van der Waals surface area contributed by atoms with Gasteiger partial charge < -0.3 is 0 Å². The molecule has 0 fully saturated rings. The van der Waals surface area contributed by atoms with Crippen molar-refractivity contribution in [2.45, 2.75) is 0 Å². The zero-order valence-corrected chi connectivity index (χ0v) is 22.6. The van der Waals surface area contributed by atoms with Crippen molar-refractivity contribution in [2.75, 3.05) is 0 Å². The van der Waals surface area contributed by atoms with Crippen molar-refractivity contribution in [2.24, 2.45) is 0 Å². The van der Waals surface area contributed by atoms with Gasteiger partial charge in [0.25, 0.3) is 0 Å². The third-order valence-electron chi connectivity index (χ3n) is 7.75. The molecule has 8 aromatic rings. The Bertz CT molecular complexity index is 2240. The molecule has 42 heavy (non-hydrogen) atoms. The molecular weight excluding hydrogens is 512 g/mol. The van der Waals surface area contributed by atoms with Crippen LogP contribution in [0, 0.1) is 0 Å². The largest absolute Gasteiger partial charge is 0.245 e. The zero-order chi connectivity index (χ0) is 27.9. The lowest BCUT2D eigenvalue weighted by Gasteiger charge is -2.10. The molecule has 5 aromatic carbocycles. The summed E-state index contributed by atoms with van der Waals surface area (Å²) < 4.78 is 0. The maximum absolute atomic E-state index is 5.16. The van der Waals surface area contributed by atoms with E-state index in [2.05, 4.69) is 119 Å². The second kappa shape index (κ2) is 10.0. The van der Waals surface area contributed by atoms with Crippen LogP contribution in [0.5, 0.6) is 0 Å². The van der Waals surface area contributed by atoms with Crippen LogP contribution in [0.25, 0.3) is 77.6 Å². The van der Waals surface area contributed by atoms with E-state index in [1.165, 1.54) is 5.39 Å². The summed E-state index contributed by atoms with van der Waals surface area (Å²) in [7, 11) is 0. The van der Waals surface area contributed by atoms with Gasteiger partial charge in [-0.25, -0.2) is 19.9 Å². The number of hydrogen-bond donors (Lipinski definition) is 0. The van der Waals surface area contributed by atoms with Gasteiger partial charge in [0.05, 0.1) is 22.4 Å². The highest BCUT2D eigenvalue weighted by Crippen LogP contribution is 2.32. The van der Waals surface area contributed by atoms with Crippen LogP contribution in [0.2, 0.25) is 0 Å². The molecule has 0 amide bonds. The third-order valence-corrected chi connectivity index (χ3v) is 7.75. The predicted octanol–water partition coefficient (Wildman–Crippen LogP) is 9.39. The highest BCUT2D eigenvalue weighted by atomic mass is 14.8. The molecule has 0 radical (unpaired) electrons. The molecule has 0 aliphatic heterocycles. The van der Waals surface area contributed by atoms with Crippen molar-refractivity contribution < 1.29 is 0 Å². The second-order valence-electron chi connectivity index (χ2n) is 10.4. The molecule has 3 heterocycles. The maximum Gasteiger partial charge on any atom is 0.159 e. The second-order valence-corrected chi connectivity index (χ2v) is 10.4. The molecule has 8 rings (SSSR count). The van der Waals surface area contributed by atoms with Gasteiger partial charge in [0.1, 0.15) is 0 Å². The van der Waals surface area contributed by atoms with E-state index in [0.29, 0.717) is 0 Å². The summed E-state index contributed by atoms with van der Waals surface area (Å²) in [5.41, 5.74) is 9.20. The molecule has 0 bridgehead atoms. The van der Waals surface area contributed by atoms with Crippen molar-refractivity contribution in [3.05, 3.63) is 146 Å². The standard InChI is InChI=1S/C38H24N4/c1-2-6-25(7-3-1)34-18-16-26-10-11-27-17-19-35(42-37(27)36(26)41-34)32-9-4-8-28(23-32)29-12-13-31-24-33(15-14-30(31)22-29)38-39-20-5-21-40-38/h1-24H. The van der Waals surface area contributed by atoms with Gasteiger partial charge >= 0.3 is 0 Å². The number of nitrogens with zero attached hydrogens (tertiary/aromatic N) is 4. The van der Waals surface area contributed by atoms with Crippen LogP contribution in [0.4, 0.5) is 0 Å². The Hall–Kier alpha value is -5.74. The normalized spacial score (nSPS) is 11.3. The van der Waals surface area contributed by atoms with Crippen LogP contribution in [-0.2, 0) is 0 Å². The minimum Gasteiger partial charge on any atom is -0.245 e. The molecule has 0 aliphatic rings. The monoisotopic (exact) mass is 536 g/mol. The topological polar surface area (TPSA) is 51.6 Å². The Morgan fingerprint density at radius 3 is 1.57 bits per heavy atom. The Labute approximate surface area is 243 Å². The zero-order valence-electron chi connectivity index (χ0n) is 22.6. The summed E-state index contributed by atoms with van der Waals surface area (Å²) in [5.74, 6) is 0.735. The van der Waals surface area contributed by atoms with Crippen LogP contribution in [-0.4, -0.2) is 19.9 Å². The third kappa shape index (κ3) is 4.36. The first kappa shape index (κ1) is 24.1. The van der Waals surface area contributed by atoms with E-state index >= 15 is 0 Å². The quantitative estimate of drug-likeness (QED) is 0.210. The molecule has 0 saturated heterocycles. The molecule has 0 spiro atoms. The molecule has 196 valence electrons. The van der Waals surface area contributed by atoms with Crippen molar-refractivity contribution in [3.8, 4) is 45.0 Å². The summed E-state index contributed by atoms with van der Waals surface area (Å²) in [5, 5.41) is 4.49. The van der Waals surface area contributed by atoms with Crippen LogP contribution >= 0.6 is 0 Å². The summed E-state index contributed by atoms with van der Waals surface area (Å²) in [6, 6.07) is 46.4. The molecule has 0 atom stereocenters. The molecule has 0 aliphatic carbocycles. The number of rotatable bonds is 4. The molecule has 0 unspecified atom stereocenters. The van der Waals surface area contributed by atoms with Crippen LogP contribution in [0.1, 0.15) is 0 Å². The summed E-state index contributed by atoms with van der Waals surface area (Å²) >= 11 is 0. The summed E-state index contributed by atoms with van der Waals surface area (Å²) in [4.78, 5) is 19.0. The maximum atomic E-state index is 5.16. The van der Waals surface area contributed by atoms with Crippen molar-refractivity contribution in [1.82, 2.24) is 19.9 Å². The van der Waals surface area contributed by atoms with Crippen molar-refractivity contribution in [3.63, 3.8) is 0 Å². The first-order valence-electron chi connectivity index (χ1n) is 14.0. The lowest BCUT2D eigenvalue weighted by atomic mass is 9.97. The van der Waals surface area contributed by atoms with Crippen molar-refractivity contribution >= 4 is 32.6 Å². The molecule has 3 aromatic heterocycles. The number of pyridine rings is 2. The lowest BCUT2D eigenvalue weighted by molar-refractivity contribution is 1.18. The van der Waals surface area contributed by atoms with Gasteiger partial charge in [-0.15, -0.1) is 0 Å². The average Bonchev–Trinajstić information content (AvgIpc) is 3.08. The minimum atomic E-state index is 0.735. The Morgan fingerprint density at radius 1 is 0.333 bits per heavy atom. The Balaban J connectivity index is 1.18. The molecule has 4 nitrogen and oxygen atoms in total. The molecule has 0 saturated carbocycles. The first-order valence-corrected chi connectivity index (χ1v) is 14.0. The van der Waals surface area contributed by atoms with E-state index in [0.717, 1.165) is 72.2 Å². The van der Waals surface area contributed by atoms with Gasteiger partial charge in [-0.1, -0.05) is 97.1 Å². The highest BCUT2D eigenvalue weighted by Gasteiger charge is 2.10. The lowest BCUT2D eigenvalue weighted by Crippen LogP contribution is -1.91. The molecule has 0 N–H and O–H groups in total. The number of benzene rings is 5. The molecular formula is C38H24N4. The van der Waals surface area contributed by atoms with Crippen LogP contribution in [0.15, 0.2) is 146 Å². The minimum absolute atomic E-state index is 0.735. The molecule has 4 heteroatoms. The van der Waals surface area contributed by atoms with Crippen LogP contribution in [0.3, 0.4) is 0 Å². The van der Waals surface area contributed by atoms with E-state index in [1.807, 2.05) is 24.3 Å². The van der Waals surface area contributed by atoms with Crippen molar-refractivity contribution in [1.29, 1.82) is 0 Å². The van der Waals surface area contributed by atoms with E-state index in [9.17, 15) is 0 Å². The van der Waals surface area contributed by atoms with Gasteiger partial charge in [0.15, 0.2) is 5.82 Å². The number of fused-ring (bicyclic) bond motifs is 4. The van der Waals surface area contributed by atoms with Gasteiger partial charge in [-0.05, 0) is 58.3 Å². The smallest absolute Gasteiger partial charge is 0.159 e. The van der Waals surface area contributed by atoms with Gasteiger partial charge in [-0.3, -0.25) is 0 Å². The van der Waals surface area contributed by atoms with E-state index < -0.39 is 0 Å². The van der Waals surface area contributed by atoms with E-state index in [1.54, 1.807) is 12.4 Å². The average molecular weight is 537 g/mol. The van der Waals surface area contributed by atoms with Gasteiger partial charge in [-0.2, -0.15) is 0 Å². The first-order chi connectivity index (χ1) is 20.8. The summed E-state index contributed by atoms with van der Waals surface area (Å²) in [6.45, 7) is 0. The Morgan fingerprint density at radius 2 is 0.857 bits per heavy atom. The summed E-state index contributed by atoms with van der Waals surface area (Å²) in [6.07, 6.45) is 3.54. The fraction of sp³-hybridized carbons (Fsp3) is 0. The number of hydrogen-bond acceptors (Lipinski definition) is 4. The highest BCUT2D eigenvalue weighted by molar-refractivity contribution is 6.04.